The largest absolute Gasteiger partial charge is 0.357 e. The minimum atomic E-state index is 0. The fourth-order valence-corrected chi connectivity index (χ4v) is 3.46. The lowest BCUT2D eigenvalue weighted by Crippen LogP contribution is -2.39. The fourth-order valence-electron chi connectivity index (χ4n) is 2.99. The van der Waals surface area contributed by atoms with Crippen molar-refractivity contribution in [1.29, 1.82) is 0 Å². The van der Waals surface area contributed by atoms with E-state index in [1.165, 1.54) is 32.6 Å². The molecule has 1 aliphatic heterocycles. The number of nitrogens with one attached hydrogen (secondary N) is 2. The van der Waals surface area contributed by atoms with Gasteiger partial charge in [-0.15, -0.1) is 24.0 Å². The summed E-state index contributed by atoms with van der Waals surface area (Å²) in [6.07, 6.45) is 2.37. The molecular formula is C19H32Cl2IN5. The number of benzene rings is 1. The van der Waals surface area contributed by atoms with Gasteiger partial charge in [0.1, 0.15) is 0 Å². The zero-order valence-corrected chi connectivity index (χ0v) is 20.2. The van der Waals surface area contributed by atoms with Crippen LogP contribution >= 0.6 is 47.2 Å². The molecule has 0 unspecified atom stereocenters. The first-order chi connectivity index (χ1) is 12.6. The molecule has 2 rings (SSSR count). The van der Waals surface area contributed by atoms with Crippen molar-refractivity contribution < 1.29 is 0 Å². The number of aliphatic imine (C=N–C) groups is 1. The average Bonchev–Trinajstić information content (AvgIpc) is 2.82. The smallest absolute Gasteiger partial charge is 0.191 e. The first-order valence-corrected chi connectivity index (χ1v) is 10.2. The van der Waals surface area contributed by atoms with E-state index in [1.807, 2.05) is 12.1 Å². The zero-order chi connectivity index (χ0) is 18.8. The molecular weight excluding hydrogens is 496 g/mol. The van der Waals surface area contributed by atoms with Crippen LogP contribution in [0.4, 0.5) is 0 Å². The van der Waals surface area contributed by atoms with Crippen LogP contribution in [-0.4, -0.2) is 68.6 Å². The van der Waals surface area contributed by atoms with Gasteiger partial charge >= 0.3 is 0 Å². The molecule has 0 aliphatic carbocycles. The lowest BCUT2D eigenvalue weighted by atomic mass is 10.2. The van der Waals surface area contributed by atoms with E-state index in [0.29, 0.717) is 16.6 Å². The summed E-state index contributed by atoms with van der Waals surface area (Å²) in [4.78, 5) is 9.60. The van der Waals surface area contributed by atoms with Crippen LogP contribution in [0.3, 0.4) is 0 Å². The maximum Gasteiger partial charge on any atom is 0.191 e. The summed E-state index contributed by atoms with van der Waals surface area (Å²) < 4.78 is 0. The molecule has 0 atom stereocenters. The van der Waals surface area contributed by atoms with E-state index in [9.17, 15) is 0 Å². The van der Waals surface area contributed by atoms with Crippen molar-refractivity contribution >= 4 is 53.1 Å². The van der Waals surface area contributed by atoms with Gasteiger partial charge in [-0.3, -0.25) is 0 Å². The molecule has 0 amide bonds. The molecule has 5 nitrogen and oxygen atoms in total. The molecule has 1 heterocycles. The summed E-state index contributed by atoms with van der Waals surface area (Å²) in [5.41, 5.74) is 0.974. The molecule has 1 aliphatic rings. The number of guanidine groups is 1. The summed E-state index contributed by atoms with van der Waals surface area (Å²) in [7, 11) is 2.21. The quantitative estimate of drug-likeness (QED) is 0.245. The summed E-state index contributed by atoms with van der Waals surface area (Å²) >= 11 is 12.2. The van der Waals surface area contributed by atoms with E-state index in [-0.39, 0.29) is 24.0 Å². The first kappa shape index (κ1) is 24.8. The highest BCUT2D eigenvalue weighted by Gasteiger charge is 2.11. The van der Waals surface area contributed by atoms with Gasteiger partial charge in [-0.1, -0.05) is 29.3 Å². The topological polar surface area (TPSA) is 42.9 Å². The molecule has 154 valence electrons. The second-order valence-electron chi connectivity index (χ2n) is 6.71. The minimum absolute atomic E-state index is 0. The van der Waals surface area contributed by atoms with Gasteiger partial charge in [-0.05, 0) is 64.1 Å². The molecule has 1 fully saturated rings. The SMILES string of the molecule is CCNC(=NCc1ccc(Cl)cc1Cl)NCCCN1CCCN(C)CC1.I. The third kappa shape index (κ3) is 9.65. The van der Waals surface area contributed by atoms with Gasteiger partial charge < -0.3 is 20.4 Å². The van der Waals surface area contributed by atoms with Crippen LogP contribution in [0.1, 0.15) is 25.3 Å². The number of halogens is 3. The molecule has 0 saturated carbocycles. The number of nitrogens with zero attached hydrogens (tertiary/aromatic N) is 3. The number of likely N-dealkylation sites (N-methyl/N-ethyl adjacent to an activating group) is 1. The van der Waals surface area contributed by atoms with E-state index >= 15 is 0 Å². The summed E-state index contributed by atoms with van der Waals surface area (Å²) in [6.45, 7) is 10.2. The summed E-state index contributed by atoms with van der Waals surface area (Å²) in [5, 5.41) is 8.01. The standard InChI is InChI=1S/C19H31Cl2N5.HI/c1-3-22-19(24-15-16-6-7-17(20)14-18(16)21)23-8-4-10-26-11-5-9-25(2)12-13-26;/h6-7,14H,3-5,8-13,15H2,1-2H3,(H2,22,23,24);1H. The van der Waals surface area contributed by atoms with Crippen molar-refractivity contribution in [2.45, 2.75) is 26.3 Å². The van der Waals surface area contributed by atoms with Crippen molar-refractivity contribution in [3.63, 3.8) is 0 Å². The highest BCUT2D eigenvalue weighted by atomic mass is 127. The van der Waals surface area contributed by atoms with Gasteiger partial charge in [-0.25, -0.2) is 4.99 Å². The minimum Gasteiger partial charge on any atom is -0.357 e. The van der Waals surface area contributed by atoms with E-state index in [2.05, 4.69) is 39.4 Å². The van der Waals surface area contributed by atoms with Crippen LogP contribution in [0.25, 0.3) is 0 Å². The Labute approximate surface area is 190 Å². The monoisotopic (exact) mass is 527 g/mol. The Morgan fingerprint density at radius 1 is 1.15 bits per heavy atom. The van der Waals surface area contributed by atoms with Crippen LogP contribution in [-0.2, 0) is 6.54 Å². The van der Waals surface area contributed by atoms with Crippen molar-refractivity contribution in [2.24, 2.45) is 4.99 Å². The second-order valence-corrected chi connectivity index (χ2v) is 7.55. The van der Waals surface area contributed by atoms with Gasteiger partial charge in [0.05, 0.1) is 6.54 Å². The van der Waals surface area contributed by atoms with Gasteiger partial charge in [0.2, 0.25) is 0 Å². The fraction of sp³-hybridized carbons (Fsp3) is 0.632. The Balaban J connectivity index is 0.00000364. The molecule has 1 aromatic rings. The Bertz CT molecular complexity index is 585. The van der Waals surface area contributed by atoms with Gasteiger partial charge in [0.25, 0.3) is 0 Å². The van der Waals surface area contributed by atoms with Crippen LogP contribution in [0, 0.1) is 0 Å². The highest BCUT2D eigenvalue weighted by Crippen LogP contribution is 2.21. The molecule has 2 N–H and O–H groups in total. The second kappa shape index (κ2) is 13.8. The number of hydrogen-bond acceptors (Lipinski definition) is 3. The lowest BCUT2D eigenvalue weighted by Gasteiger charge is -2.20. The highest BCUT2D eigenvalue weighted by molar-refractivity contribution is 14.0. The van der Waals surface area contributed by atoms with Crippen molar-refractivity contribution in [3.8, 4) is 0 Å². The van der Waals surface area contributed by atoms with Gasteiger partial charge in [0, 0.05) is 36.2 Å². The predicted molar refractivity (Wildman–Crippen MR) is 128 cm³/mol. The van der Waals surface area contributed by atoms with Gasteiger partial charge in [0.15, 0.2) is 5.96 Å². The Hall–Kier alpha value is -0.280. The first-order valence-electron chi connectivity index (χ1n) is 9.45. The van der Waals surface area contributed by atoms with Crippen LogP contribution in [0.2, 0.25) is 10.0 Å². The van der Waals surface area contributed by atoms with Crippen LogP contribution < -0.4 is 10.6 Å². The van der Waals surface area contributed by atoms with Crippen LogP contribution in [0.15, 0.2) is 23.2 Å². The normalized spacial score (nSPS) is 16.5. The van der Waals surface area contributed by atoms with Crippen molar-refractivity contribution in [2.75, 3.05) is 52.9 Å². The Morgan fingerprint density at radius 2 is 1.96 bits per heavy atom. The van der Waals surface area contributed by atoms with E-state index in [4.69, 9.17) is 23.2 Å². The summed E-state index contributed by atoms with van der Waals surface area (Å²) in [6, 6.07) is 5.53. The Morgan fingerprint density at radius 3 is 2.70 bits per heavy atom. The molecule has 1 saturated heterocycles. The molecule has 27 heavy (non-hydrogen) atoms. The number of rotatable bonds is 7. The number of hydrogen-bond donors (Lipinski definition) is 2. The zero-order valence-electron chi connectivity index (χ0n) is 16.3. The van der Waals surface area contributed by atoms with E-state index in [0.717, 1.165) is 37.6 Å². The average molecular weight is 528 g/mol. The van der Waals surface area contributed by atoms with E-state index < -0.39 is 0 Å². The molecule has 0 aromatic heterocycles. The van der Waals surface area contributed by atoms with E-state index in [1.54, 1.807) is 6.07 Å². The third-order valence-corrected chi connectivity index (χ3v) is 5.11. The van der Waals surface area contributed by atoms with Gasteiger partial charge in [-0.2, -0.15) is 0 Å². The maximum atomic E-state index is 6.22. The molecule has 0 bridgehead atoms. The molecule has 8 heteroatoms. The Kier molecular flexibility index (Phi) is 12.7. The summed E-state index contributed by atoms with van der Waals surface area (Å²) in [5.74, 6) is 0.828. The third-order valence-electron chi connectivity index (χ3n) is 4.52. The maximum absolute atomic E-state index is 6.22. The molecule has 1 aromatic carbocycles. The lowest BCUT2D eigenvalue weighted by molar-refractivity contribution is 0.274. The van der Waals surface area contributed by atoms with Crippen molar-refractivity contribution in [1.82, 2.24) is 20.4 Å². The molecule has 0 spiro atoms. The van der Waals surface area contributed by atoms with Crippen molar-refractivity contribution in [3.05, 3.63) is 33.8 Å². The predicted octanol–water partition coefficient (Wildman–Crippen LogP) is 3.69. The van der Waals surface area contributed by atoms with Crippen LogP contribution in [0.5, 0.6) is 0 Å². The molecule has 0 radical (unpaired) electrons.